The Bertz CT molecular complexity index is 868. The monoisotopic (exact) mass is 407 g/mol. The molecule has 5 nitrogen and oxygen atoms in total. The van der Waals surface area contributed by atoms with Gasteiger partial charge in [-0.1, -0.05) is 43.3 Å². The summed E-state index contributed by atoms with van der Waals surface area (Å²) in [6.07, 6.45) is 2.35. The molecule has 0 atom stereocenters. The average Bonchev–Trinajstić information content (AvgIpc) is 2.76. The molecule has 2 aromatic rings. The molecule has 1 N–H and O–H groups in total. The summed E-state index contributed by atoms with van der Waals surface area (Å²) in [4.78, 5) is 29.0. The van der Waals surface area contributed by atoms with Gasteiger partial charge >= 0.3 is 0 Å². The summed E-state index contributed by atoms with van der Waals surface area (Å²) in [5, 5.41) is 3.02. The molecule has 30 heavy (non-hydrogen) atoms. The number of benzene rings is 2. The molecule has 3 rings (SSSR count). The Labute approximate surface area is 180 Å². The Morgan fingerprint density at radius 3 is 2.27 bits per heavy atom. The van der Waals surface area contributed by atoms with Crippen molar-refractivity contribution in [2.75, 3.05) is 38.0 Å². The highest BCUT2D eigenvalue weighted by molar-refractivity contribution is 5.93. The van der Waals surface area contributed by atoms with Crippen LogP contribution in [-0.2, 0) is 22.4 Å². The van der Waals surface area contributed by atoms with Gasteiger partial charge in [0, 0.05) is 38.3 Å². The van der Waals surface area contributed by atoms with Gasteiger partial charge in [0.05, 0.1) is 6.54 Å². The van der Waals surface area contributed by atoms with Crippen LogP contribution in [0.4, 0.5) is 5.69 Å². The van der Waals surface area contributed by atoms with Crippen molar-refractivity contribution in [2.45, 2.75) is 40.0 Å². The molecule has 1 aliphatic rings. The lowest BCUT2D eigenvalue weighted by Gasteiger charge is -2.34. The van der Waals surface area contributed by atoms with E-state index >= 15 is 0 Å². The molecule has 0 aromatic heterocycles. The molecule has 160 valence electrons. The topological polar surface area (TPSA) is 52.7 Å². The molecule has 0 bridgehead atoms. The van der Waals surface area contributed by atoms with Crippen LogP contribution in [0.15, 0.2) is 42.5 Å². The van der Waals surface area contributed by atoms with Crippen molar-refractivity contribution in [3.8, 4) is 0 Å². The van der Waals surface area contributed by atoms with Gasteiger partial charge in [0.2, 0.25) is 11.8 Å². The Balaban J connectivity index is 1.40. The number of piperazine rings is 1. The van der Waals surface area contributed by atoms with Gasteiger partial charge in [-0.15, -0.1) is 0 Å². The maximum absolute atomic E-state index is 12.6. The number of amides is 2. The van der Waals surface area contributed by atoms with E-state index in [-0.39, 0.29) is 11.8 Å². The SMILES string of the molecule is CCc1ccc(CCC(=O)N2CCN(CC(=O)Nc3cccc(C)c3C)CC2)cc1. The number of carbonyl (C=O) groups is 2. The number of carbonyl (C=O) groups excluding carboxylic acids is 2. The minimum Gasteiger partial charge on any atom is -0.340 e. The molecule has 1 aliphatic heterocycles. The van der Waals surface area contributed by atoms with Crippen LogP contribution in [0.5, 0.6) is 0 Å². The lowest BCUT2D eigenvalue weighted by Crippen LogP contribution is -2.50. The predicted octanol–water partition coefficient (Wildman–Crippen LogP) is 3.58. The molecule has 1 heterocycles. The second-order valence-corrected chi connectivity index (χ2v) is 8.12. The number of anilines is 1. The fourth-order valence-electron chi connectivity index (χ4n) is 3.79. The lowest BCUT2D eigenvalue weighted by atomic mass is 10.1. The normalized spacial score (nSPS) is 14.6. The number of hydrogen-bond donors (Lipinski definition) is 1. The summed E-state index contributed by atoms with van der Waals surface area (Å²) in [7, 11) is 0. The maximum atomic E-state index is 12.6. The first-order valence-electron chi connectivity index (χ1n) is 10.9. The summed E-state index contributed by atoms with van der Waals surface area (Å²) in [6, 6.07) is 14.5. The van der Waals surface area contributed by atoms with E-state index in [1.165, 1.54) is 16.7 Å². The van der Waals surface area contributed by atoms with Gasteiger partial charge in [0.15, 0.2) is 0 Å². The molecule has 1 fully saturated rings. The van der Waals surface area contributed by atoms with E-state index in [2.05, 4.69) is 41.4 Å². The van der Waals surface area contributed by atoms with Crippen molar-refractivity contribution >= 4 is 17.5 Å². The number of rotatable bonds is 7. The third kappa shape index (κ3) is 5.92. The van der Waals surface area contributed by atoms with Crippen LogP contribution in [0, 0.1) is 13.8 Å². The zero-order chi connectivity index (χ0) is 21.5. The molecule has 2 amide bonds. The van der Waals surface area contributed by atoms with E-state index < -0.39 is 0 Å². The van der Waals surface area contributed by atoms with Crippen LogP contribution < -0.4 is 5.32 Å². The summed E-state index contributed by atoms with van der Waals surface area (Å²) in [6.45, 7) is 9.41. The molecule has 0 aliphatic carbocycles. The van der Waals surface area contributed by atoms with Crippen molar-refractivity contribution in [1.82, 2.24) is 9.80 Å². The van der Waals surface area contributed by atoms with Crippen LogP contribution in [0.25, 0.3) is 0 Å². The van der Waals surface area contributed by atoms with Crippen molar-refractivity contribution in [2.24, 2.45) is 0 Å². The Hall–Kier alpha value is -2.66. The van der Waals surface area contributed by atoms with Gasteiger partial charge in [0.1, 0.15) is 0 Å². The second-order valence-electron chi connectivity index (χ2n) is 8.12. The van der Waals surface area contributed by atoms with Crippen LogP contribution >= 0.6 is 0 Å². The Morgan fingerprint density at radius 2 is 1.60 bits per heavy atom. The third-order valence-corrected chi connectivity index (χ3v) is 6.03. The zero-order valence-electron chi connectivity index (χ0n) is 18.4. The molecule has 0 radical (unpaired) electrons. The van der Waals surface area contributed by atoms with Crippen molar-refractivity contribution in [3.63, 3.8) is 0 Å². The maximum Gasteiger partial charge on any atom is 0.238 e. The van der Waals surface area contributed by atoms with Crippen molar-refractivity contribution < 1.29 is 9.59 Å². The van der Waals surface area contributed by atoms with Gasteiger partial charge < -0.3 is 10.2 Å². The molecular formula is C25H33N3O2. The average molecular weight is 408 g/mol. The van der Waals surface area contributed by atoms with E-state index in [0.29, 0.717) is 26.1 Å². The molecule has 0 spiro atoms. The second kappa shape index (κ2) is 10.4. The van der Waals surface area contributed by atoms with Gasteiger partial charge in [0.25, 0.3) is 0 Å². The Kier molecular flexibility index (Phi) is 7.63. The first-order valence-corrected chi connectivity index (χ1v) is 10.9. The van der Waals surface area contributed by atoms with E-state index in [0.717, 1.165) is 37.2 Å². The molecule has 2 aromatic carbocycles. The molecule has 0 saturated carbocycles. The summed E-state index contributed by atoms with van der Waals surface area (Å²) in [5.41, 5.74) is 5.68. The fourth-order valence-corrected chi connectivity index (χ4v) is 3.79. The Morgan fingerprint density at radius 1 is 0.933 bits per heavy atom. The quantitative estimate of drug-likeness (QED) is 0.763. The van der Waals surface area contributed by atoms with E-state index in [9.17, 15) is 9.59 Å². The van der Waals surface area contributed by atoms with Crippen LogP contribution in [-0.4, -0.2) is 54.3 Å². The largest absolute Gasteiger partial charge is 0.340 e. The summed E-state index contributed by atoms with van der Waals surface area (Å²) < 4.78 is 0. The fraction of sp³-hybridized carbons (Fsp3) is 0.440. The van der Waals surface area contributed by atoms with Crippen LogP contribution in [0.2, 0.25) is 0 Å². The van der Waals surface area contributed by atoms with Crippen molar-refractivity contribution in [1.29, 1.82) is 0 Å². The van der Waals surface area contributed by atoms with Gasteiger partial charge in [-0.2, -0.15) is 0 Å². The minimum atomic E-state index is -0.000923. The van der Waals surface area contributed by atoms with Crippen LogP contribution in [0.3, 0.4) is 0 Å². The van der Waals surface area contributed by atoms with Gasteiger partial charge in [-0.05, 0) is 55.0 Å². The standard InChI is InChI=1S/C25H33N3O2/c1-4-21-8-10-22(11-9-21)12-13-25(30)28-16-14-27(15-17-28)18-24(29)26-23-7-5-6-19(2)20(23)3/h5-11H,4,12-18H2,1-3H3,(H,26,29). The number of aryl methyl sites for hydroxylation is 3. The van der Waals surface area contributed by atoms with Crippen molar-refractivity contribution in [3.05, 3.63) is 64.7 Å². The van der Waals surface area contributed by atoms with E-state index in [1.807, 2.05) is 36.9 Å². The summed E-state index contributed by atoms with van der Waals surface area (Å²) >= 11 is 0. The number of nitrogens with zero attached hydrogens (tertiary/aromatic N) is 2. The first kappa shape index (κ1) is 22.0. The molecule has 0 unspecified atom stereocenters. The smallest absolute Gasteiger partial charge is 0.238 e. The highest BCUT2D eigenvalue weighted by atomic mass is 16.2. The van der Waals surface area contributed by atoms with Gasteiger partial charge in [-0.25, -0.2) is 0 Å². The van der Waals surface area contributed by atoms with E-state index in [1.54, 1.807) is 0 Å². The predicted molar refractivity (Wildman–Crippen MR) is 122 cm³/mol. The zero-order valence-corrected chi connectivity index (χ0v) is 18.4. The third-order valence-electron chi connectivity index (χ3n) is 6.03. The summed E-state index contributed by atoms with van der Waals surface area (Å²) in [5.74, 6) is 0.202. The molecule has 1 saturated heterocycles. The van der Waals surface area contributed by atoms with E-state index in [4.69, 9.17) is 0 Å². The first-order chi connectivity index (χ1) is 14.5. The molecule has 5 heteroatoms. The molecular weight excluding hydrogens is 374 g/mol. The minimum absolute atomic E-state index is 0.000923. The highest BCUT2D eigenvalue weighted by Crippen LogP contribution is 2.18. The number of hydrogen-bond acceptors (Lipinski definition) is 3. The highest BCUT2D eigenvalue weighted by Gasteiger charge is 2.22. The van der Waals surface area contributed by atoms with Crippen LogP contribution in [0.1, 0.15) is 35.6 Å². The lowest BCUT2D eigenvalue weighted by molar-refractivity contribution is -0.133. The van der Waals surface area contributed by atoms with Gasteiger partial charge in [-0.3, -0.25) is 14.5 Å². The number of nitrogens with one attached hydrogen (secondary N) is 1.